The number of alkyl halides is 5. The maximum absolute atomic E-state index is 13.1. The van der Waals surface area contributed by atoms with E-state index < -0.39 is 17.7 Å². The molecule has 0 bridgehead atoms. The molecule has 118 valence electrons. The van der Waals surface area contributed by atoms with Gasteiger partial charge in [-0.05, 0) is 18.1 Å². The van der Waals surface area contributed by atoms with E-state index in [9.17, 15) is 22.0 Å². The van der Waals surface area contributed by atoms with Crippen molar-refractivity contribution in [2.75, 3.05) is 18.4 Å². The van der Waals surface area contributed by atoms with Crippen LogP contribution in [-0.2, 0) is 6.18 Å². The highest BCUT2D eigenvalue weighted by atomic mass is 19.4. The second-order valence-electron chi connectivity index (χ2n) is 5.34. The Labute approximate surface area is 118 Å². The van der Waals surface area contributed by atoms with Crippen LogP contribution in [-0.4, -0.2) is 30.0 Å². The monoisotopic (exact) mass is 309 g/mol. The molecule has 0 radical (unpaired) electrons. The van der Waals surface area contributed by atoms with Crippen LogP contribution in [0.25, 0.3) is 0 Å². The Hall–Kier alpha value is -1.44. The second kappa shape index (κ2) is 5.75. The normalized spacial score (nSPS) is 25.6. The van der Waals surface area contributed by atoms with Gasteiger partial charge in [0.15, 0.2) is 0 Å². The molecule has 0 amide bonds. The molecule has 3 nitrogen and oxygen atoms in total. The van der Waals surface area contributed by atoms with Gasteiger partial charge in [-0.2, -0.15) is 13.2 Å². The van der Waals surface area contributed by atoms with Crippen molar-refractivity contribution >= 4 is 5.82 Å². The lowest BCUT2D eigenvalue weighted by Gasteiger charge is -2.35. The summed E-state index contributed by atoms with van der Waals surface area (Å²) in [7, 11) is 0. The van der Waals surface area contributed by atoms with Crippen molar-refractivity contribution in [2.24, 2.45) is 5.92 Å². The van der Waals surface area contributed by atoms with Gasteiger partial charge < -0.3 is 10.6 Å². The van der Waals surface area contributed by atoms with Crippen LogP contribution in [0, 0.1) is 5.92 Å². The number of hydrogen-bond acceptors (Lipinski definition) is 3. The highest BCUT2D eigenvalue weighted by molar-refractivity contribution is 5.36. The number of aromatic nitrogens is 1. The minimum Gasteiger partial charge on any atom is -0.369 e. The fraction of sp³-hybridized carbons (Fsp3) is 0.615. The summed E-state index contributed by atoms with van der Waals surface area (Å²) >= 11 is 0. The number of hydrogen-bond donors (Lipinski definition) is 2. The third-order valence-electron chi connectivity index (χ3n) is 3.52. The van der Waals surface area contributed by atoms with E-state index in [0.29, 0.717) is 6.54 Å². The lowest BCUT2D eigenvalue weighted by atomic mass is 9.90. The first-order valence-electron chi connectivity index (χ1n) is 6.56. The van der Waals surface area contributed by atoms with Crippen molar-refractivity contribution in [2.45, 2.75) is 31.5 Å². The fourth-order valence-electron chi connectivity index (χ4n) is 2.32. The summed E-state index contributed by atoms with van der Waals surface area (Å²) in [5, 5.41) is 5.61. The summed E-state index contributed by atoms with van der Waals surface area (Å²) in [5.74, 6) is -2.66. The molecule has 2 rings (SSSR count). The standard InChI is InChI=1S/C13H16F5N3/c1-8-4-12(14,15)7-21-10(8)6-20-11-3-2-9(5-19-11)13(16,17)18/h2-3,5,8,10,21H,4,6-7H2,1H3,(H,19,20)/t8-,10-/m1/s1. The Morgan fingerprint density at radius 2 is 2.10 bits per heavy atom. The molecule has 1 aliphatic heterocycles. The van der Waals surface area contributed by atoms with Crippen LogP contribution in [0.2, 0.25) is 0 Å². The predicted molar refractivity (Wildman–Crippen MR) is 68.2 cm³/mol. The maximum atomic E-state index is 13.1. The van der Waals surface area contributed by atoms with Crippen molar-refractivity contribution in [3.05, 3.63) is 23.9 Å². The number of rotatable bonds is 3. The lowest BCUT2D eigenvalue weighted by Crippen LogP contribution is -2.52. The molecule has 21 heavy (non-hydrogen) atoms. The molecule has 8 heteroatoms. The smallest absolute Gasteiger partial charge is 0.369 e. The molecule has 2 atom stereocenters. The van der Waals surface area contributed by atoms with Crippen LogP contribution >= 0.6 is 0 Å². The Bertz CT molecular complexity index is 472. The summed E-state index contributed by atoms with van der Waals surface area (Å²) < 4.78 is 63.4. The molecule has 0 aromatic carbocycles. The molecule has 0 unspecified atom stereocenters. The van der Waals surface area contributed by atoms with Crippen molar-refractivity contribution < 1.29 is 22.0 Å². The van der Waals surface area contributed by atoms with Crippen molar-refractivity contribution in [3.63, 3.8) is 0 Å². The topological polar surface area (TPSA) is 37.0 Å². The minimum absolute atomic E-state index is 0.172. The zero-order valence-electron chi connectivity index (χ0n) is 11.3. The number of pyridine rings is 1. The number of piperidine rings is 1. The summed E-state index contributed by atoms with van der Waals surface area (Å²) in [6, 6.07) is 1.99. The lowest BCUT2D eigenvalue weighted by molar-refractivity contribution is -0.137. The van der Waals surface area contributed by atoms with Crippen LogP contribution < -0.4 is 10.6 Å². The molecule has 1 aromatic heterocycles. The van der Waals surface area contributed by atoms with Gasteiger partial charge >= 0.3 is 6.18 Å². The quantitative estimate of drug-likeness (QED) is 0.842. The molecule has 0 spiro atoms. The first-order chi connectivity index (χ1) is 9.67. The maximum Gasteiger partial charge on any atom is 0.417 e. The molecule has 0 saturated carbocycles. The van der Waals surface area contributed by atoms with E-state index in [1.165, 1.54) is 6.07 Å². The van der Waals surface area contributed by atoms with Gasteiger partial charge in [0.1, 0.15) is 5.82 Å². The van der Waals surface area contributed by atoms with Gasteiger partial charge in [-0.25, -0.2) is 13.8 Å². The van der Waals surface area contributed by atoms with E-state index in [2.05, 4.69) is 15.6 Å². The Balaban J connectivity index is 1.89. The summed E-state index contributed by atoms with van der Waals surface area (Å²) in [6.45, 7) is 1.66. The van der Waals surface area contributed by atoms with Gasteiger partial charge in [-0.3, -0.25) is 0 Å². The van der Waals surface area contributed by atoms with Crippen LogP contribution in [0.4, 0.5) is 27.8 Å². The van der Waals surface area contributed by atoms with E-state index in [-0.39, 0.29) is 30.7 Å². The molecular formula is C13H16F5N3. The first kappa shape index (κ1) is 15.9. The average molecular weight is 309 g/mol. The van der Waals surface area contributed by atoms with Gasteiger partial charge in [-0.15, -0.1) is 0 Å². The van der Waals surface area contributed by atoms with Gasteiger partial charge in [0.25, 0.3) is 5.92 Å². The molecule has 1 aromatic rings. The van der Waals surface area contributed by atoms with Crippen LogP contribution in [0.5, 0.6) is 0 Å². The number of halogens is 5. The second-order valence-corrected chi connectivity index (χ2v) is 5.34. The number of nitrogens with one attached hydrogen (secondary N) is 2. The fourth-order valence-corrected chi connectivity index (χ4v) is 2.32. The van der Waals surface area contributed by atoms with E-state index in [0.717, 1.165) is 12.3 Å². The summed E-state index contributed by atoms with van der Waals surface area (Å²) in [6.07, 6.45) is -3.88. The molecule has 0 aliphatic carbocycles. The zero-order chi connectivity index (χ0) is 15.7. The van der Waals surface area contributed by atoms with Crippen LogP contribution in [0.3, 0.4) is 0 Å². The van der Waals surface area contributed by atoms with Gasteiger partial charge in [0.2, 0.25) is 0 Å². The molecular weight excluding hydrogens is 293 g/mol. The van der Waals surface area contributed by atoms with Gasteiger partial charge in [0, 0.05) is 25.2 Å². The van der Waals surface area contributed by atoms with Crippen molar-refractivity contribution in [3.8, 4) is 0 Å². The van der Waals surface area contributed by atoms with E-state index in [1.807, 2.05) is 0 Å². The van der Waals surface area contributed by atoms with E-state index in [1.54, 1.807) is 6.92 Å². The number of anilines is 1. The van der Waals surface area contributed by atoms with Gasteiger partial charge in [-0.1, -0.05) is 6.92 Å². The predicted octanol–water partition coefficient (Wildman–Crippen LogP) is 3.15. The largest absolute Gasteiger partial charge is 0.417 e. The SMILES string of the molecule is C[C@@H]1CC(F)(F)CN[C@@H]1CNc1ccc(C(F)(F)F)cn1. The summed E-state index contributed by atoms with van der Waals surface area (Å²) in [5.41, 5.74) is -0.822. The van der Waals surface area contributed by atoms with Crippen LogP contribution in [0.15, 0.2) is 18.3 Å². The van der Waals surface area contributed by atoms with Gasteiger partial charge in [0.05, 0.1) is 12.1 Å². The summed E-state index contributed by atoms with van der Waals surface area (Å²) in [4.78, 5) is 3.68. The van der Waals surface area contributed by atoms with Crippen molar-refractivity contribution in [1.29, 1.82) is 0 Å². The van der Waals surface area contributed by atoms with Crippen LogP contribution in [0.1, 0.15) is 18.9 Å². The zero-order valence-corrected chi connectivity index (χ0v) is 11.3. The Morgan fingerprint density at radius 3 is 2.62 bits per heavy atom. The third kappa shape index (κ3) is 4.26. The Morgan fingerprint density at radius 1 is 1.38 bits per heavy atom. The van der Waals surface area contributed by atoms with Crippen molar-refractivity contribution in [1.82, 2.24) is 10.3 Å². The highest BCUT2D eigenvalue weighted by Gasteiger charge is 2.39. The average Bonchev–Trinajstić information content (AvgIpc) is 2.36. The Kier molecular flexibility index (Phi) is 4.36. The first-order valence-corrected chi connectivity index (χ1v) is 6.56. The minimum atomic E-state index is -4.42. The van der Waals surface area contributed by atoms with E-state index >= 15 is 0 Å². The molecule has 1 saturated heterocycles. The number of nitrogens with zero attached hydrogens (tertiary/aromatic N) is 1. The third-order valence-corrected chi connectivity index (χ3v) is 3.52. The molecule has 1 aliphatic rings. The molecule has 1 fully saturated rings. The molecule has 2 heterocycles. The highest BCUT2D eigenvalue weighted by Crippen LogP contribution is 2.30. The molecule has 2 N–H and O–H groups in total. The van der Waals surface area contributed by atoms with E-state index in [4.69, 9.17) is 0 Å².